The maximum absolute atomic E-state index is 9.27. The van der Waals surface area contributed by atoms with Gasteiger partial charge in [-0.2, -0.15) is 0 Å². The molecule has 0 saturated carbocycles. The van der Waals surface area contributed by atoms with E-state index in [2.05, 4.69) is 11.4 Å². The number of fused-ring (bicyclic) bond motifs is 1. The predicted molar refractivity (Wildman–Crippen MR) is 85.5 cm³/mol. The maximum Gasteiger partial charge on any atom is 0.126 e. The summed E-state index contributed by atoms with van der Waals surface area (Å²) in [6, 6.07) is 13.3. The molecule has 1 unspecified atom stereocenters. The van der Waals surface area contributed by atoms with E-state index < -0.39 is 0 Å². The Kier molecular flexibility index (Phi) is 4.49. The molecule has 2 aromatic carbocycles. The number of phenolic OH excluding ortho intramolecular Hbond substituents is 1. The zero-order valence-electron chi connectivity index (χ0n) is 12.7. The Balaban J connectivity index is 1.52. The third-order valence-corrected chi connectivity index (χ3v) is 3.94. The smallest absolute Gasteiger partial charge is 0.126 e. The molecule has 0 bridgehead atoms. The molecule has 0 aromatic heterocycles. The highest BCUT2D eigenvalue weighted by molar-refractivity contribution is 5.42. The number of rotatable bonds is 5. The van der Waals surface area contributed by atoms with Crippen LogP contribution < -0.4 is 14.8 Å². The second-order valence-electron chi connectivity index (χ2n) is 5.55. The number of methoxy groups -OCH3 is 1. The summed E-state index contributed by atoms with van der Waals surface area (Å²) in [5.41, 5.74) is 2.39. The lowest BCUT2D eigenvalue weighted by molar-refractivity contribution is 0.169. The van der Waals surface area contributed by atoms with Crippen molar-refractivity contribution in [1.82, 2.24) is 5.32 Å². The zero-order valence-corrected chi connectivity index (χ0v) is 12.7. The second kappa shape index (κ2) is 6.71. The fourth-order valence-electron chi connectivity index (χ4n) is 2.67. The summed E-state index contributed by atoms with van der Waals surface area (Å²) in [7, 11) is 1.67. The number of hydrogen-bond acceptors (Lipinski definition) is 4. The molecule has 0 radical (unpaired) electrons. The van der Waals surface area contributed by atoms with Crippen molar-refractivity contribution in [3.8, 4) is 17.2 Å². The van der Waals surface area contributed by atoms with E-state index in [1.165, 1.54) is 5.56 Å². The van der Waals surface area contributed by atoms with Gasteiger partial charge in [-0.3, -0.25) is 0 Å². The topological polar surface area (TPSA) is 50.7 Å². The second-order valence-corrected chi connectivity index (χ2v) is 5.55. The van der Waals surface area contributed by atoms with E-state index in [0.29, 0.717) is 5.75 Å². The molecular formula is C18H21NO3. The molecule has 2 aromatic rings. The average Bonchev–Trinajstić information content (AvgIpc) is 2.56. The highest BCUT2D eigenvalue weighted by atomic mass is 16.5. The number of hydrogen-bond donors (Lipinski definition) is 2. The molecule has 0 saturated heterocycles. The Hall–Kier alpha value is -2.20. The molecule has 1 heterocycles. The van der Waals surface area contributed by atoms with E-state index >= 15 is 0 Å². The highest BCUT2D eigenvalue weighted by Crippen LogP contribution is 2.31. The Morgan fingerprint density at radius 2 is 2.05 bits per heavy atom. The molecular weight excluding hydrogens is 278 g/mol. The fourth-order valence-corrected chi connectivity index (χ4v) is 2.67. The lowest BCUT2D eigenvalue weighted by Gasteiger charge is -2.26. The molecule has 0 spiro atoms. The molecule has 0 amide bonds. The van der Waals surface area contributed by atoms with Gasteiger partial charge in [-0.05, 0) is 42.2 Å². The van der Waals surface area contributed by atoms with Crippen molar-refractivity contribution in [3.63, 3.8) is 0 Å². The van der Waals surface area contributed by atoms with Gasteiger partial charge in [0.1, 0.15) is 23.4 Å². The van der Waals surface area contributed by atoms with Gasteiger partial charge < -0.3 is 19.9 Å². The van der Waals surface area contributed by atoms with Crippen LogP contribution in [0.5, 0.6) is 17.2 Å². The summed E-state index contributed by atoms with van der Waals surface area (Å²) in [6.45, 7) is 1.57. The molecule has 116 valence electrons. The standard InChI is InChI=1S/C18H21NO3/c1-21-16-8-4-14-5-9-17(22-18(14)10-16)12-19-11-13-2-6-15(20)7-3-13/h2-4,6-8,10,17,19-20H,5,9,11-12H2,1H3. The normalized spacial score (nSPS) is 16.7. The molecule has 22 heavy (non-hydrogen) atoms. The van der Waals surface area contributed by atoms with Crippen molar-refractivity contribution in [2.24, 2.45) is 0 Å². The Bertz CT molecular complexity index is 625. The van der Waals surface area contributed by atoms with Crippen LogP contribution in [-0.2, 0) is 13.0 Å². The van der Waals surface area contributed by atoms with Crippen LogP contribution in [0.2, 0.25) is 0 Å². The summed E-state index contributed by atoms with van der Waals surface area (Å²) in [5.74, 6) is 2.06. The average molecular weight is 299 g/mol. The predicted octanol–water partition coefficient (Wildman–Crippen LogP) is 2.88. The van der Waals surface area contributed by atoms with Crippen molar-refractivity contribution in [1.29, 1.82) is 0 Å². The summed E-state index contributed by atoms with van der Waals surface area (Å²) in [6.07, 6.45) is 2.23. The molecule has 0 aliphatic carbocycles. The van der Waals surface area contributed by atoms with Crippen LogP contribution in [0.25, 0.3) is 0 Å². The van der Waals surface area contributed by atoms with E-state index in [1.54, 1.807) is 19.2 Å². The van der Waals surface area contributed by atoms with E-state index in [9.17, 15) is 5.11 Å². The lowest BCUT2D eigenvalue weighted by atomic mass is 10.0. The van der Waals surface area contributed by atoms with Crippen LogP contribution in [0.3, 0.4) is 0 Å². The van der Waals surface area contributed by atoms with Gasteiger partial charge in [-0.1, -0.05) is 18.2 Å². The molecule has 0 fully saturated rings. The lowest BCUT2D eigenvalue weighted by Crippen LogP contribution is -2.33. The van der Waals surface area contributed by atoms with Gasteiger partial charge in [0.15, 0.2) is 0 Å². The SMILES string of the molecule is COc1ccc2c(c1)OC(CNCc1ccc(O)cc1)CC2. The van der Waals surface area contributed by atoms with Gasteiger partial charge >= 0.3 is 0 Å². The third-order valence-electron chi connectivity index (χ3n) is 3.94. The van der Waals surface area contributed by atoms with Crippen molar-refractivity contribution in [3.05, 3.63) is 53.6 Å². The number of ether oxygens (including phenoxy) is 2. The van der Waals surface area contributed by atoms with Gasteiger partial charge in [0, 0.05) is 19.2 Å². The van der Waals surface area contributed by atoms with E-state index in [1.807, 2.05) is 24.3 Å². The molecule has 2 N–H and O–H groups in total. The van der Waals surface area contributed by atoms with Gasteiger partial charge in [-0.25, -0.2) is 0 Å². The van der Waals surface area contributed by atoms with Crippen molar-refractivity contribution in [2.75, 3.05) is 13.7 Å². The molecule has 1 aliphatic heterocycles. The minimum atomic E-state index is 0.178. The molecule has 1 atom stereocenters. The van der Waals surface area contributed by atoms with Gasteiger partial charge in [0.2, 0.25) is 0 Å². The summed E-state index contributed by atoms with van der Waals surface area (Å²) in [5, 5.41) is 12.7. The summed E-state index contributed by atoms with van der Waals surface area (Å²) >= 11 is 0. The van der Waals surface area contributed by atoms with Crippen LogP contribution in [-0.4, -0.2) is 24.9 Å². The molecule has 3 rings (SSSR count). The van der Waals surface area contributed by atoms with Crippen molar-refractivity contribution in [2.45, 2.75) is 25.5 Å². The molecule has 1 aliphatic rings. The van der Waals surface area contributed by atoms with Crippen LogP contribution in [0.1, 0.15) is 17.5 Å². The van der Waals surface area contributed by atoms with Crippen LogP contribution in [0, 0.1) is 0 Å². The van der Waals surface area contributed by atoms with Crippen LogP contribution in [0.15, 0.2) is 42.5 Å². The van der Waals surface area contributed by atoms with Crippen LogP contribution in [0.4, 0.5) is 0 Å². The molecule has 4 heteroatoms. The van der Waals surface area contributed by atoms with E-state index in [-0.39, 0.29) is 6.10 Å². The fraction of sp³-hybridized carbons (Fsp3) is 0.333. The highest BCUT2D eigenvalue weighted by Gasteiger charge is 2.19. The number of benzene rings is 2. The quantitative estimate of drug-likeness (QED) is 0.891. The monoisotopic (exact) mass is 299 g/mol. The van der Waals surface area contributed by atoms with Gasteiger partial charge in [0.05, 0.1) is 7.11 Å². The largest absolute Gasteiger partial charge is 0.508 e. The zero-order chi connectivity index (χ0) is 15.4. The number of aromatic hydroxyl groups is 1. The maximum atomic E-state index is 9.27. The first kappa shape index (κ1) is 14.7. The minimum absolute atomic E-state index is 0.178. The summed E-state index contributed by atoms with van der Waals surface area (Å²) < 4.78 is 11.3. The van der Waals surface area contributed by atoms with Gasteiger partial charge in [0.25, 0.3) is 0 Å². The number of aryl methyl sites for hydroxylation is 1. The minimum Gasteiger partial charge on any atom is -0.508 e. The van der Waals surface area contributed by atoms with Crippen molar-refractivity contribution >= 4 is 0 Å². The van der Waals surface area contributed by atoms with Crippen LogP contribution >= 0.6 is 0 Å². The first-order chi connectivity index (χ1) is 10.7. The van der Waals surface area contributed by atoms with E-state index in [0.717, 1.165) is 43.0 Å². The van der Waals surface area contributed by atoms with E-state index in [4.69, 9.17) is 9.47 Å². The van der Waals surface area contributed by atoms with Crippen molar-refractivity contribution < 1.29 is 14.6 Å². The Labute approximate surface area is 130 Å². The Morgan fingerprint density at radius 3 is 2.82 bits per heavy atom. The first-order valence-corrected chi connectivity index (χ1v) is 7.57. The van der Waals surface area contributed by atoms with Gasteiger partial charge in [-0.15, -0.1) is 0 Å². The third kappa shape index (κ3) is 3.52. The number of nitrogens with one attached hydrogen (secondary N) is 1. The first-order valence-electron chi connectivity index (χ1n) is 7.57. The Morgan fingerprint density at radius 1 is 1.23 bits per heavy atom. The summed E-state index contributed by atoms with van der Waals surface area (Å²) in [4.78, 5) is 0. The molecule has 4 nitrogen and oxygen atoms in total. The number of phenols is 1.